The molecule has 11 nitrogen and oxygen atoms in total. The van der Waals surface area contributed by atoms with Crippen molar-refractivity contribution < 1.29 is 29.4 Å². The number of carboxylic acids is 1. The SMILES string of the molecule is CSCCC(N)C(=O)NC(Cc1ccccc1)C(=O)NC(CCCCN)C(=O)NC(Cc1ccc(O)cc1)C(=O)O. The standard InChI is InChI=1S/C29H41N5O6S/c1-41-16-14-22(31)26(36)33-24(17-19-7-3-2-4-8-19)28(38)32-23(9-5-6-15-30)27(37)34-25(29(39)40)18-20-10-12-21(35)13-11-20/h2-4,7-8,10-13,22-25,35H,5-6,9,14-18,30-31H2,1H3,(H,32,38)(H,33,36)(H,34,37)(H,39,40). The molecule has 0 heterocycles. The zero-order valence-corrected chi connectivity index (χ0v) is 24.1. The van der Waals surface area contributed by atoms with Gasteiger partial charge in [0.25, 0.3) is 0 Å². The summed E-state index contributed by atoms with van der Waals surface area (Å²) in [4.78, 5) is 51.5. The fourth-order valence-corrected chi connectivity index (χ4v) is 4.58. The van der Waals surface area contributed by atoms with Gasteiger partial charge in [-0.25, -0.2) is 4.79 Å². The minimum absolute atomic E-state index is 0.0224. The first-order valence-electron chi connectivity index (χ1n) is 13.5. The number of aromatic hydroxyl groups is 1. The molecule has 2 aromatic carbocycles. The number of hydrogen-bond donors (Lipinski definition) is 7. The molecule has 3 amide bonds. The Morgan fingerprint density at radius 2 is 1.34 bits per heavy atom. The van der Waals surface area contributed by atoms with Gasteiger partial charge in [-0.1, -0.05) is 42.5 Å². The monoisotopic (exact) mass is 587 g/mol. The number of rotatable bonds is 18. The molecule has 4 unspecified atom stereocenters. The molecule has 12 heteroatoms. The van der Waals surface area contributed by atoms with Crippen molar-refractivity contribution in [2.45, 2.75) is 62.7 Å². The Balaban J connectivity index is 2.21. The van der Waals surface area contributed by atoms with Crippen molar-refractivity contribution in [2.24, 2.45) is 11.5 Å². The summed E-state index contributed by atoms with van der Waals surface area (Å²) in [6, 6.07) is 11.0. The van der Waals surface area contributed by atoms with Gasteiger partial charge in [-0.2, -0.15) is 11.8 Å². The van der Waals surface area contributed by atoms with Crippen LogP contribution in [0, 0.1) is 0 Å². The first-order chi connectivity index (χ1) is 19.6. The predicted molar refractivity (Wildman–Crippen MR) is 159 cm³/mol. The zero-order valence-electron chi connectivity index (χ0n) is 23.3. The summed E-state index contributed by atoms with van der Waals surface area (Å²) in [5.41, 5.74) is 13.0. The summed E-state index contributed by atoms with van der Waals surface area (Å²) in [7, 11) is 0. The van der Waals surface area contributed by atoms with E-state index in [1.807, 2.05) is 36.6 Å². The second-order valence-electron chi connectivity index (χ2n) is 9.75. The second kappa shape index (κ2) is 17.9. The summed E-state index contributed by atoms with van der Waals surface area (Å²) in [5, 5.41) is 27.2. The highest BCUT2D eigenvalue weighted by molar-refractivity contribution is 7.98. The van der Waals surface area contributed by atoms with Gasteiger partial charge in [0.1, 0.15) is 23.9 Å². The number of unbranched alkanes of at least 4 members (excludes halogenated alkanes) is 1. The maximum absolute atomic E-state index is 13.5. The van der Waals surface area contributed by atoms with Crippen molar-refractivity contribution >= 4 is 35.5 Å². The maximum atomic E-state index is 13.5. The van der Waals surface area contributed by atoms with Gasteiger partial charge in [-0.15, -0.1) is 0 Å². The molecule has 0 saturated heterocycles. The molecule has 2 aromatic rings. The molecular weight excluding hydrogens is 546 g/mol. The molecule has 2 rings (SSSR count). The molecule has 0 saturated carbocycles. The lowest BCUT2D eigenvalue weighted by Crippen LogP contribution is -2.57. The van der Waals surface area contributed by atoms with E-state index in [-0.39, 0.29) is 25.0 Å². The number of benzene rings is 2. The molecule has 0 fully saturated rings. The Hall–Kier alpha value is -3.61. The van der Waals surface area contributed by atoms with Crippen molar-refractivity contribution in [3.63, 3.8) is 0 Å². The Labute approximate surface area is 244 Å². The molecule has 4 atom stereocenters. The van der Waals surface area contributed by atoms with Crippen LogP contribution in [-0.4, -0.2) is 76.6 Å². The van der Waals surface area contributed by atoms with E-state index in [1.165, 1.54) is 12.1 Å². The van der Waals surface area contributed by atoms with E-state index in [9.17, 15) is 29.4 Å². The fourth-order valence-electron chi connectivity index (χ4n) is 4.09. The second-order valence-corrected chi connectivity index (χ2v) is 10.7. The van der Waals surface area contributed by atoms with Gasteiger partial charge in [-0.05, 0) is 67.5 Å². The number of amides is 3. The molecule has 0 aliphatic heterocycles. The highest BCUT2D eigenvalue weighted by Gasteiger charge is 2.30. The molecule has 0 bridgehead atoms. The lowest BCUT2D eigenvalue weighted by Gasteiger charge is -2.25. The van der Waals surface area contributed by atoms with Crippen LogP contribution in [0.3, 0.4) is 0 Å². The lowest BCUT2D eigenvalue weighted by atomic mass is 10.0. The minimum atomic E-state index is -1.27. The van der Waals surface area contributed by atoms with Crippen LogP contribution in [-0.2, 0) is 32.0 Å². The van der Waals surface area contributed by atoms with Gasteiger partial charge in [0.05, 0.1) is 6.04 Å². The number of thioether (sulfide) groups is 1. The number of nitrogens with two attached hydrogens (primary N) is 2. The molecule has 0 aliphatic carbocycles. The van der Waals surface area contributed by atoms with Crippen LogP contribution in [0.2, 0.25) is 0 Å². The van der Waals surface area contributed by atoms with E-state index >= 15 is 0 Å². The number of hydrogen-bond acceptors (Lipinski definition) is 8. The van der Waals surface area contributed by atoms with E-state index in [4.69, 9.17) is 11.5 Å². The maximum Gasteiger partial charge on any atom is 0.326 e. The molecule has 0 aliphatic rings. The minimum Gasteiger partial charge on any atom is -0.508 e. The summed E-state index contributed by atoms with van der Waals surface area (Å²) in [6.07, 6.45) is 3.83. The molecular formula is C29H41N5O6S. The van der Waals surface area contributed by atoms with Crippen molar-refractivity contribution in [1.29, 1.82) is 0 Å². The highest BCUT2D eigenvalue weighted by atomic mass is 32.2. The van der Waals surface area contributed by atoms with Gasteiger partial charge in [0, 0.05) is 12.8 Å². The predicted octanol–water partition coefficient (Wildman–Crippen LogP) is 0.926. The Morgan fingerprint density at radius 3 is 1.95 bits per heavy atom. The van der Waals surface area contributed by atoms with Crippen LogP contribution in [0.1, 0.15) is 36.8 Å². The number of carboxylic acid groups (broad SMARTS) is 1. The van der Waals surface area contributed by atoms with Crippen LogP contribution in [0.4, 0.5) is 0 Å². The normalized spacial score (nSPS) is 13.8. The average Bonchev–Trinajstić information content (AvgIpc) is 2.96. The Morgan fingerprint density at radius 1 is 0.780 bits per heavy atom. The Kier molecular flexibility index (Phi) is 14.7. The van der Waals surface area contributed by atoms with Gasteiger partial charge in [0.2, 0.25) is 17.7 Å². The quantitative estimate of drug-likeness (QED) is 0.124. The first-order valence-corrected chi connectivity index (χ1v) is 14.9. The third-order valence-electron chi connectivity index (χ3n) is 6.46. The zero-order chi connectivity index (χ0) is 30.2. The van der Waals surface area contributed by atoms with E-state index in [2.05, 4.69) is 16.0 Å². The van der Waals surface area contributed by atoms with Crippen LogP contribution < -0.4 is 27.4 Å². The molecule has 0 radical (unpaired) electrons. The van der Waals surface area contributed by atoms with Crippen molar-refractivity contribution in [3.05, 3.63) is 65.7 Å². The number of phenolic OH excluding ortho intramolecular Hbond substituents is 1. The third kappa shape index (κ3) is 12.2. The molecule has 9 N–H and O–H groups in total. The molecule has 0 spiro atoms. The fraction of sp³-hybridized carbons (Fsp3) is 0.448. The van der Waals surface area contributed by atoms with Crippen molar-refractivity contribution in [1.82, 2.24) is 16.0 Å². The smallest absolute Gasteiger partial charge is 0.326 e. The van der Waals surface area contributed by atoms with Gasteiger partial charge >= 0.3 is 5.97 Å². The summed E-state index contributed by atoms with van der Waals surface area (Å²) < 4.78 is 0. The van der Waals surface area contributed by atoms with Crippen LogP contribution in [0.15, 0.2) is 54.6 Å². The van der Waals surface area contributed by atoms with Crippen molar-refractivity contribution in [2.75, 3.05) is 18.6 Å². The van der Waals surface area contributed by atoms with Crippen LogP contribution in [0.5, 0.6) is 5.75 Å². The number of phenols is 1. The lowest BCUT2D eigenvalue weighted by molar-refractivity contribution is -0.142. The first kappa shape index (κ1) is 33.6. The summed E-state index contributed by atoms with van der Waals surface area (Å²) in [5.74, 6) is -2.25. The van der Waals surface area contributed by atoms with Crippen LogP contribution >= 0.6 is 11.8 Å². The topological polar surface area (TPSA) is 197 Å². The van der Waals surface area contributed by atoms with Gasteiger partial charge in [-0.3, -0.25) is 14.4 Å². The highest BCUT2D eigenvalue weighted by Crippen LogP contribution is 2.12. The number of carbonyl (C=O) groups is 4. The molecule has 41 heavy (non-hydrogen) atoms. The number of aliphatic carboxylic acids is 1. The Bertz CT molecular complexity index is 1120. The van der Waals surface area contributed by atoms with Gasteiger partial charge < -0.3 is 37.6 Å². The largest absolute Gasteiger partial charge is 0.508 e. The van der Waals surface area contributed by atoms with Gasteiger partial charge in [0.15, 0.2) is 0 Å². The average molecular weight is 588 g/mol. The molecule has 224 valence electrons. The van der Waals surface area contributed by atoms with Crippen LogP contribution in [0.25, 0.3) is 0 Å². The van der Waals surface area contributed by atoms with E-state index in [0.29, 0.717) is 37.1 Å². The molecule has 0 aromatic heterocycles. The summed E-state index contributed by atoms with van der Waals surface area (Å²) in [6.45, 7) is 0.390. The summed E-state index contributed by atoms with van der Waals surface area (Å²) >= 11 is 1.56. The number of nitrogens with one attached hydrogen (secondary N) is 3. The number of carbonyl (C=O) groups excluding carboxylic acids is 3. The van der Waals surface area contributed by atoms with E-state index in [0.717, 1.165) is 5.56 Å². The van der Waals surface area contributed by atoms with Crippen molar-refractivity contribution in [3.8, 4) is 5.75 Å². The third-order valence-corrected chi connectivity index (χ3v) is 7.10. The van der Waals surface area contributed by atoms with E-state index < -0.39 is 47.9 Å². The van der Waals surface area contributed by atoms with E-state index in [1.54, 1.807) is 23.9 Å².